The van der Waals surface area contributed by atoms with E-state index in [1.54, 1.807) is 11.0 Å². The van der Waals surface area contributed by atoms with E-state index in [0.29, 0.717) is 18.7 Å². The number of nitrogens with one attached hydrogen (secondary N) is 1. The zero-order valence-electron chi connectivity index (χ0n) is 10.9. The standard InChI is InChI=1S/C13H17N3O3/c1-2-14-6-8-15-7-5-10-3-4-11(16(18)19)9-12(10)13(15)17/h3-4,9,14H,2,5-8H2,1H3. The Morgan fingerprint density at radius 3 is 2.95 bits per heavy atom. The number of fused-ring (bicyclic) bond motifs is 1. The molecule has 0 saturated carbocycles. The lowest BCUT2D eigenvalue weighted by molar-refractivity contribution is -0.384. The van der Waals surface area contributed by atoms with Crippen molar-refractivity contribution >= 4 is 11.6 Å². The highest BCUT2D eigenvalue weighted by Gasteiger charge is 2.25. The van der Waals surface area contributed by atoms with Gasteiger partial charge >= 0.3 is 0 Å². The molecule has 6 nitrogen and oxygen atoms in total. The molecule has 0 unspecified atom stereocenters. The van der Waals surface area contributed by atoms with Gasteiger partial charge in [-0.05, 0) is 18.5 Å². The van der Waals surface area contributed by atoms with E-state index in [-0.39, 0.29) is 11.6 Å². The number of nitro benzene ring substituents is 1. The normalized spacial score (nSPS) is 14.4. The molecule has 19 heavy (non-hydrogen) atoms. The Morgan fingerprint density at radius 2 is 2.26 bits per heavy atom. The van der Waals surface area contributed by atoms with Gasteiger partial charge in [0, 0.05) is 37.3 Å². The van der Waals surface area contributed by atoms with Gasteiger partial charge in [-0.1, -0.05) is 13.0 Å². The van der Waals surface area contributed by atoms with Crippen molar-refractivity contribution in [3.8, 4) is 0 Å². The molecule has 1 aliphatic heterocycles. The summed E-state index contributed by atoms with van der Waals surface area (Å²) in [5.74, 6) is -0.108. The van der Waals surface area contributed by atoms with Crippen LogP contribution in [0.15, 0.2) is 18.2 Å². The zero-order chi connectivity index (χ0) is 13.8. The van der Waals surface area contributed by atoms with Crippen molar-refractivity contribution in [3.05, 3.63) is 39.4 Å². The highest BCUT2D eigenvalue weighted by atomic mass is 16.6. The lowest BCUT2D eigenvalue weighted by Gasteiger charge is -2.28. The Kier molecular flexibility index (Phi) is 4.11. The second-order valence-corrected chi connectivity index (χ2v) is 4.49. The van der Waals surface area contributed by atoms with Crippen molar-refractivity contribution in [1.29, 1.82) is 0 Å². The Labute approximate surface area is 111 Å². The third-order valence-corrected chi connectivity index (χ3v) is 3.28. The highest BCUT2D eigenvalue weighted by Crippen LogP contribution is 2.23. The van der Waals surface area contributed by atoms with E-state index in [1.807, 2.05) is 6.92 Å². The summed E-state index contributed by atoms with van der Waals surface area (Å²) in [6.45, 7) is 4.93. The molecule has 1 amide bonds. The van der Waals surface area contributed by atoms with Crippen LogP contribution in [0.3, 0.4) is 0 Å². The fourth-order valence-corrected chi connectivity index (χ4v) is 2.23. The molecule has 6 heteroatoms. The lowest BCUT2D eigenvalue weighted by atomic mass is 9.98. The number of rotatable bonds is 5. The molecular formula is C13H17N3O3. The maximum Gasteiger partial charge on any atom is 0.270 e. The summed E-state index contributed by atoms with van der Waals surface area (Å²) in [5.41, 5.74) is 1.34. The lowest BCUT2D eigenvalue weighted by Crippen LogP contribution is -2.41. The van der Waals surface area contributed by atoms with Crippen LogP contribution in [0.5, 0.6) is 0 Å². The van der Waals surface area contributed by atoms with Crippen LogP contribution >= 0.6 is 0 Å². The van der Waals surface area contributed by atoms with Crippen LogP contribution < -0.4 is 5.32 Å². The van der Waals surface area contributed by atoms with Gasteiger partial charge in [0.25, 0.3) is 11.6 Å². The van der Waals surface area contributed by atoms with E-state index < -0.39 is 4.92 Å². The van der Waals surface area contributed by atoms with Crippen LogP contribution in [-0.2, 0) is 6.42 Å². The molecular weight excluding hydrogens is 246 g/mol. The highest BCUT2D eigenvalue weighted by molar-refractivity contribution is 5.97. The van der Waals surface area contributed by atoms with Crippen LogP contribution in [0.25, 0.3) is 0 Å². The molecule has 2 rings (SSSR count). The Balaban J connectivity index is 2.16. The fourth-order valence-electron chi connectivity index (χ4n) is 2.23. The molecule has 1 aliphatic rings. The number of carbonyl (C=O) groups is 1. The van der Waals surface area contributed by atoms with Gasteiger partial charge in [0.05, 0.1) is 4.92 Å². The Bertz CT molecular complexity index is 502. The molecule has 0 fully saturated rings. The molecule has 1 N–H and O–H groups in total. The van der Waals surface area contributed by atoms with Crippen LogP contribution in [0.4, 0.5) is 5.69 Å². The summed E-state index contributed by atoms with van der Waals surface area (Å²) >= 11 is 0. The predicted octanol–water partition coefficient (Wildman–Crippen LogP) is 1.20. The summed E-state index contributed by atoms with van der Waals surface area (Å²) in [6.07, 6.45) is 0.755. The molecule has 0 atom stereocenters. The third kappa shape index (κ3) is 2.90. The van der Waals surface area contributed by atoms with Crippen molar-refractivity contribution in [3.63, 3.8) is 0 Å². The minimum absolute atomic E-state index is 0.0272. The van der Waals surface area contributed by atoms with Crippen LogP contribution in [0.1, 0.15) is 22.8 Å². The van der Waals surface area contributed by atoms with E-state index in [2.05, 4.69) is 5.32 Å². The number of carbonyl (C=O) groups excluding carboxylic acids is 1. The molecule has 0 spiro atoms. The molecule has 0 aliphatic carbocycles. The number of hydrogen-bond acceptors (Lipinski definition) is 4. The average molecular weight is 263 g/mol. The summed E-state index contributed by atoms with van der Waals surface area (Å²) in [7, 11) is 0. The van der Waals surface area contributed by atoms with Gasteiger partial charge < -0.3 is 10.2 Å². The van der Waals surface area contributed by atoms with E-state index in [4.69, 9.17) is 0 Å². The SMILES string of the molecule is CCNCCN1CCc2ccc([N+](=O)[O-])cc2C1=O. The van der Waals surface area contributed by atoms with Crippen molar-refractivity contribution < 1.29 is 9.72 Å². The predicted molar refractivity (Wildman–Crippen MR) is 71.2 cm³/mol. The number of likely N-dealkylation sites (N-methyl/N-ethyl adjacent to an activating group) is 1. The van der Waals surface area contributed by atoms with Gasteiger partial charge in [-0.25, -0.2) is 0 Å². The van der Waals surface area contributed by atoms with Crippen LogP contribution in [-0.4, -0.2) is 41.9 Å². The van der Waals surface area contributed by atoms with E-state index in [9.17, 15) is 14.9 Å². The number of non-ortho nitro benzene ring substituents is 1. The number of nitrogens with zero attached hydrogens (tertiary/aromatic N) is 2. The maximum atomic E-state index is 12.3. The van der Waals surface area contributed by atoms with E-state index in [0.717, 1.165) is 25.1 Å². The van der Waals surface area contributed by atoms with Crippen molar-refractivity contribution in [1.82, 2.24) is 10.2 Å². The largest absolute Gasteiger partial charge is 0.337 e. The van der Waals surface area contributed by atoms with Gasteiger partial charge in [-0.2, -0.15) is 0 Å². The smallest absolute Gasteiger partial charge is 0.270 e. The Morgan fingerprint density at radius 1 is 1.47 bits per heavy atom. The number of hydrogen-bond donors (Lipinski definition) is 1. The Hall–Kier alpha value is -1.95. The molecule has 0 aromatic heterocycles. The molecule has 0 radical (unpaired) electrons. The minimum Gasteiger partial charge on any atom is -0.337 e. The first-order valence-corrected chi connectivity index (χ1v) is 6.40. The van der Waals surface area contributed by atoms with Crippen molar-refractivity contribution in [2.75, 3.05) is 26.2 Å². The number of benzene rings is 1. The molecule has 1 aromatic carbocycles. The zero-order valence-corrected chi connectivity index (χ0v) is 10.9. The monoisotopic (exact) mass is 263 g/mol. The first-order chi connectivity index (χ1) is 9.13. The molecule has 1 heterocycles. The third-order valence-electron chi connectivity index (χ3n) is 3.28. The maximum absolute atomic E-state index is 12.3. The first kappa shape index (κ1) is 13.5. The van der Waals surface area contributed by atoms with Crippen LogP contribution in [0, 0.1) is 10.1 Å². The van der Waals surface area contributed by atoms with Gasteiger partial charge in [0.2, 0.25) is 0 Å². The minimum atomic E-state index is -0.467. The average Bonchev–Trinajstić information content (AvgIpc) is 2.41. The molecule has 0 saturated heterocycles. The van der Waals surface area contributed by atoms with Gasteiger partial charge in [-0.3, -0.25) is 14.9 Å². The topological polar surface area (TPSA) is 75.5 Å². The van der Waals surface area contributed by atoms with Crippen molar-refractivity contribution in [2.45, 2.75) is 13.3 Å². The summed E-state index contributed by atoms with van der Waals surface area (Å²) in [6, 6.07) is 4.53. The van der Waals surface area contributed by atoms with Gasteiger partial charge in [0.1, 0.15) is 0 Å². The molecule has 102 valence electrons. The fraction of sp³-hybridized carbons (Fsp3) is 0.462. The molecule has 1 aromatic rings. The first-order valence-electron chi connectivity index (χ1n) is 6.40. The van der Waals surface area contributed by atoms with Gasteiger partial charge in [0.15, 0.2) is 0 Å². The van der Waals surface area contributed by atoms with Gasteiger partial charge in [-0.15, -0.1) is 0 Å². The number of nitro groups is 1. The summed E-state index contributed by atoms with van der Waals surface area (Å²) in [5, 5.41) is 13.9. The second-order valence-electron chi connectivity index (χ2n) is 4.49. The van der Waals surface area contributed by atoms with Crippen LogP contribution in [0.2, 0.25) is 0 Å². The summed E-state index contributed by atoms with van der Waals surface area (Å²) in [4.78, 5) is 24.3. The number of amides is 1. The summed E-state index contributed by atoms with van der Waals surface area (Å²) < 4.78 is 0. The van der Waals surface area contributed by atoms with E-state index >= 15 is 0 Å². The second kappa shape index (κ2) is 5.79. The van der Waals surface area contributed by atoms with Crippen molar-refractivity contribution in [2.24, 2.45) is 0 Å². The molecule has 0 bridgehead atoms. The quantitative estimate of drug-likeness (QED) is 0.492. The van der Waals surface area contributed by atoms with E-state index in [1.165, 1.54) is 12.1 Å².